The molecule has 2 N–H and O–H groups in total. The van der Waals surface area contributed by atoms with Crippen molar-refractivity contribution in [2.45, 2.75) is 38.8 Å². The van der Waals surface area contributed by atoms with Crippen LogP contribution in [0.5, 0.6) is 0 Å². The number of nitrogens with zero attached hydrogens (tertiary/aromatic N) is 2. The van der Waals surface area contributed by atoms with E-state index in [1.165, 1.54) is 6.20 Å². The Labute approximate surface area is 106 Å². The largest absolute Gasteiger partial charge is 0.376 e. The van der Waals surface area contributed by atoms with Gasteiger partial charge in [0, 0.05) is 13.2 Å². The lowest BCUT2D eigenvalue weighted by atomic mass is 10.1. The van der Waals surface area contributed by atoms with Crippen LogP contribution in [0.1, 0.15) is 26.7 Å². The van der Waals surface area contributed by atoms with Crippen LogP contribution < -0.4 is 10.6 Å². The van der Waals surface area contributed by atoms with E-state index in [-0.39, 0.29) is 18.0 Å². The molecule has 2 rings (SSSR count). The molecule has 100 valence electrons. The van der Waals surface area contributed by atoms with Crippen molar-refractivity contribution in [1.29, 1.82) is 0 Å². The van der Waals surface area contributed by atoms with E-state index in [1.54, 1.807) is 0 Å². The van der Waals surface area contributed by atoms with Crippen molar-refractivity contribution < 1.29 is 9.13 Å². The molecule has 1 aromatic rings. The van der Waals surface area contributed by atoms with Gasteiger partial charge < -0.3 is 15.4 Å². The van der Waals surface area contributed by atoms with Crippen LogP contribution in [0.3, 0.4) is 0 Å². The van der Waals surface area contributed by atoms with Gasteiger partial charge in [0.05, 0.1) is 18.3 Å². The maximum atomic E-state index is 13.6. The zero-order chi connectivity index (χ0) is 13.0. The van der Waals surface area contributed by atoms with Crippen LogP contribution >= 0.6 is 0 Å². The monoisotopic (exact) mass is 254 g/mol. The van der Waals surface area contributed by atoms with Gasteiger partial charge in [-0.1, -0.05) is 6.92 Å². The molecule has 1 fully saturated rings. The molecule has 2 heterocycles. The molecule has 0 radical (unpaired) electrons. The van der Waals surface area contributed by atoms with E-state index in [9.17, 15) is 4.39 Å². The number of hydrogen-bond donors (Lipinski definition) is 2. The summed E-state index contributed by atoms with van der Waals surface area (Å²) >= 11 is 0. The highest BCUT2D eigenvalue weighted by molar-refractivity contribution is 5.42. The second-order valence-corrected chi connectivity index (χ2v) is 4.43. The Morgan fingerprint density at radius 1 is 1.56 bits per heavy atom. The van der Waals surface area contributed by atoms with Gasteiger partial charge in [0.1, 0.15) is 0 Å². The fraction of sp³-hybridized carbons (Fsp3) is 0.667. The third-order valence-electron chi connectivity index (χ3n) is 2.98. The van der Waals surface area contributed by atoms with Crippen LogP contribution in [0.15, 0.2) is 6.20 Å². The number of rotatable bonds is 5. The summed E-state index contributed by atoms with van der Waals surface area (Å²) in [4.78, 5) is 8.05. The van der Waals surface area contributed by atoms with E-state index < -0.39 is 5.82 Å². The Morgan fingerprint density at radius 2 is 2.39 bits per heavy atom. The Kier molecular flexibility index (Phi) is 4.30. The zero-order valence-electron chi connectivity index (χ0n) is 10.7. The maximum Gasteiger partial charge on any atom is 0.224 e. The standard InChI is InChI=1S/C12H19FN4O/c1-3-5-14-12-15-7-9(13)11(17-12)16-10-4-6-18-8(10)2/h7-8,10H,3-6H2,1-2H3,(H2,14,15,16,17). The molecule has 0 saturated carbocycles. The molecule has 0 spiro atoms. The number of ether oxygens (including phenoxy) is 1. The van der Waals surface area contributed by atoms with Crippen LogP contribution in [-0.2, 0) is 4.74 Å². The van der Waals surface area contributed by atoms with Crippen LogP contribution in [0.4, 0.5) is 16.2 Å². The molecule has 1 aliphatic heterocycles. The normalized spacial score (nSPS) is 23.1. The first kappa shape index (κ1) is 13.0. The first-order valence-corrected chi connectivity index (χ1v) is 6.35. The Morgan fingerprint density at radius 3 is 3.06 bits per heavy atom. The Hall–Kier alpha value is -1.43. The van der Waals surface area contributed by atoms with Gasteiger partial charge in [-0.3, -0.25) is 0 Å². The third kappa shape index (κ3) is 3.07. The van der Waals surface area contributed by atoms with Gasteiger partial charge in [-0.2, -0.15) is 4.98 Å². The Bertz CT molecular complexity index is 402. The highest BCUT2D eigenvalue weighted by Crippen LogP contribution is 2.20. The fourth-order valence-corrected chi connectivity index (χ4v) is 1.89. The van der Waals surface area contributed by atoms with Gasteiger partial charge in [-0.25, -0.2) is 9.37 Å². The minimum Gasteiger partial charge on any atom is -0.376 e. The summed E-state index contributed by atoms with van der Waals surface area (Å²) in [5.41, 5.74) is 0. The summed E-state index contributed by atoms with van der Waals surface area (Å²) in [6.45, 7) is 5.49. The second-order valence-electron chi connectivity index (χ2n) is 4.43. The van der Waals surface area contributed by atoms with E-state index >= 15 is 0 Å². The van der Waals surface area contributed by atoms with Crippen molar-refractivity contribution >= 4 is 11.8 Å². The van der Waals surface area contributed by atoms with Crippen molar-refractivity contribution in [2.75, 3.05) is 23.8 Å². The summed E-state index contributed by atoms with van der Waals surface area (Å²) in [5, 5.41) is 6.12. The van der Waals surface area contributed by atoms with Crippen LogP contribution in [0.25, 0.3) is 0 Å². The lowest BCUT2D eigenvalue weighted by Crippen LogP contribution is -2.28. The van der Waals surface area contributed by atoms with Crippen molar-refractivity contribution in [3.63, 3.8) is 0 Å². The molecule has 2 unspecified atom stereocenters. The number of hydrogen-bond acceptors (Lipinski definition) is 5. The zero-order valence-corrected chi connectivity index (χ0v) is 10.7. The molecule has 1 saturated heterocycles. The first-order chi connectivity index (χ1) is 8.70. The molecule has 18 heavy (non-hydrogen) atoms. The molecule has 1 aliphatic rings. The van der Waals surface area contributed by atoms with Crippen molar-refractivity contribution in [2.24, 2.45) is 0 Å². The lowest BCUT2D eigenvalue weighted by Gasteiger charge is -2.17. The van der Waals surface area contributed by atoms with E-state index in [2.05, 4.69) is 20.6 Å². The van der Waals surface area contributed by atoms with Gasteiger partial charge in [0.15, 0.2) is 11.6 Å². The maximum absolute atomic E-state index is 13.6. The minimum absolute atomic E-state index is 0.0754. The predicted octanol–water partition coefficient (Wildman–Crippen LogP) is 2.03. The number of halogens is 1. The van der Waals surface area contributed by atoms with Gasteiger partial charge in [0.25, 0.3) is 0 Å². The molecule has 0 aromatic carbocycles. The van der Waals surface area contributed by atoms with E-state index in [0.29, 0.717) is 12.6 Å². The number of nitrogens with one attached hydrogen (secondary N) is 2. The first-order valence-electron chi connectivity index (χ1n) is 6.35. The molecule has 6 heteroatoms. The lowest BCUT2D eigenvalue weighted by molar-refractivity contribution is 0.121. The summed E-state index contributed by atoms with van der Waals surface area (Å²) in [5.74, 6) is 0.259. The van der Waals surface area contributed by atoms with E-state index in [0.717, 1.165) is 19.4 Å². The topological polar surface area (TPSA) is 59.1 Å². The summed E-state index contributed by atoms with van der Waals surface area (Å²) < 4.78 is 19.0. The molecular weight excluding hydrogens is 235 g/mol. The van der Waals surface area contributed by atoms with Gasteiger partial charge in [-0.15, -0.1) is 0 Å². The smallest absolute Gasteiger partial charge is 0.224 e. The van der Waals surface area contributed by atoms with Gasteiger partial charge >= 0.3 is 0 Å². The van der Waals surface area contributed by atoms with Crippen molar-refractivity contribution in [3.8, 4) is 0 Å². The third-order valence-corrected chi connectivity index (χ3v) is 2.98. The van der Waals surface area contributed by atoms with Gasteiger partial charge in [0.2, 0.25) is 5.95 Å². The van der Waals surface area contributed by atoms with Crippen molar-refractivity contribution in [1.82, 2.24) is 9.97 Å². The summed E-state index contributed by atoms with van der Waals surface area (Å²) in [7, 11) is 0. The van der Waals surface area contributed by atoms with Crippen LogP contribution in [0.2, 0.25) is 0 Å². The SMILES string of the molecule is CCCNc1ncc(F)c(NC2CCOC2C)n1. The van der Waals surface area contributed by atoms with Crippen LogP contribution in [0, 0.1) is 5.82 Å². The second kappa shape index (κ2) is 5.95. The highest BCUT2D eigenvalue weighted by Gasteiger charge is 2.25. The molecule has 2 atom stereocenters. The minimum atomic E-state index is -0.434. The molecule has 0 amide bonds. The number of aromatic nitrogens is 2. The molecular formula is C12H19FN4O. The molecule has 5 nitrogen and oxygen atoms in total. The summed E-state index contributed by atoms with van der Waals surface area (Å²) in [6.07, 6.45) is 3.10. The average Bonchev–Trinajstić information content (AvgIpc) is 2.76. The quantitative estimate of drug-likeness (QED) is 0.842. The molecule has 0 bridgehead atoms. The Balaban J connectivity index is 2.06. The predicted molar refractivity (Wildman–Crippen MR) is 68.2 cm³/mol. The molecule has 0 aliphatic carbocycles. The highest BCUT2D eigenvalue weighted by atomic mass is 19.1. The van der Waals surface area contributed by atoms with E-state index in [4.69, 9.17) is 4.74 Å². The van der Waals surface area contributed by atoms with E-state index in [1.807, 2.05) is 13.8 Å². The van der Waals surface area contributed by atoms with Gasteiger partial charge in [-0.05, 0) is 19.8 Å². The van der Waals surface area contributed by atoms with Crippen molar-refractivity contribution in [3.05, 3.63) is 12.0 Å². The summed E-state index contributed by atoms with van der Waals surface area (Å²) in [6, 6.07) is 0.105. The fourth-order valence-electron chi connectivity index (χ4n) is 1.89. The van der Waals surface area contributed by atoms with Crippen LogP contribution in [-0.4, -0.2) is 35.3 Å². The molecule has 1 aromatic heterocycles. The average molecular weight is 254 g/mol. The number of anilines is 2.